The lowest BCUT2D eigenvalue weighted by atomic mass is 10.2. The van der Waals surface area contributed by atoms with Crippen molar-refractivity contribution in [2.45, 2.75) is 24.3 Å². The third-order valence-corrected chi connectivity index (χ3v) is 7.23. The predicted molar refractivity (Wildman–Crippen MR) is 113 cm³/mol. The minimum atomic E-state index is -3.68. The molecule has 1 saturated heterocycles. The Morgan fingerprint density at radius 3 is 2.52 bits per heavy atom. The highest BCUT2D eigenvalue weighted by molar-refractivity contribution is 7.89. The first kappa shape index (κ1) is 23.2. The molecule has 1 amide bonds. The quantitative estimate of drug-likeness (QED) is 0.583. The number of halogens is 2. The van der Waals surface area contributed by atoms with Crippen molar-refractivity contribution in [2.75, 3.05) is 26.7 Å². The smallest absolute Gasteiger partial charge is 0.338 e. The lowest BCUT2D eigenvalue weighted by Gasteiger charge is -2.18. The Hall–Kier alpha value is -2.49. The number of sulfonamides is 1. The molecule has 0 radical (unpaired) electrons. The Bertz CT molecular complexity index is 1070. The summed E-state index contributed by atoms with van der Waals surface area (Å²) in [6, 6.07) is 9.74. The number of carbonyl (C=O) groups is 2. The largest absolute Gasteiger partial charge is 0.452 e. The monoisotopic (exact) mass is 468 g/mol. The minimum absolute atomic E-state index is 0.00138. The number of ether oxygens (including phenoxy) is 1. The molecule has 0 aromatic heterocycles. The van der Waals surface area contributed by atoms with Crippen molar-refractivity contribution in [1.82, 2.24) is 9.21 Å². The van der Waals surface area contributed by atoms with Crippen molar-refractivity contribution in [3.05, 3.63) is 64.4 Å². The molecule has 0 unspecified atom stereocenters. The van der Waals surface area contributed by atoms with Gasteiger partial charge in [-0.25, -0.2) is 17.6 Å². The van der Waals surface area contributed by atoms with Gasteiger partial charge >= 0.3 is 5.97 Å². The van der Waals surface area contributed by atoms with E-state index in [2.05, 4.69) is 0 Å². The Labute approximate surface area is 185 Å². The maximum atomic E-state index is 13.9. The Kier molecular flexibility index (Phi) is 7.30. The molecular weight excluding hydrogens is 447 g/mol. The maximum Gasteiger partial charge on any atom is 0.338 e. The number of hydrogen-bond donors (Lipinski definition) is 0. The fourth-order valence-electron chi connectivity index (χ4n) is 3.19. The predicted octanol–water partition coefficient (Wildman–Crippen LogP) is 3.08. The molecule has 166 valence electrons. The first-order valence-corrected chi connectivity index (χ1v) is 11.5. The first-order chi connectivity index (χ1) is 14.7. The number of rotatable bonds is 7. The van der Waals surface area contributed by atoms with Crippen LogP contribution in [0.1, 0.15) is 28.8 Å². The van der Waals surface area contributed by atoms with E-state index in [4.69, 9.17) is 16.3 Å². The molecule has 2 aromatic rings. The van der Waals surface area contributed by atoms with Gasteiger partial charge in [0.05, 0.1) is 10.5 Å². The van der Waals surface area contributed by atoms with Crippen LogP contribution in [0.3, 0.4) is 0 Å². The molecule has 7 nitrogen and oxygen atoms in total. The molecule has 1 heterocycles. The molecule has 0 atom stereocenters. The summed E-state index contributed by atoms with van der Waals surface area (Å²) in [7, 11) is -2.25. The zero-order valence-electron chi connectivity index (χ0n) is 16.9. The number of benzene rings is 2. The molecule has 10 heteroatoms. The third-order valence-electron chi connectivity index (χ3n) is 4.98. The highest BCUT2D eigenvalue weighted by atomic mass is 35.5. The van der Waals surface area contributed by atoms with Crippen LogP contribution in [0.5, 0.6) is 0 Å². The van der Waals surface area contributed by atoms with E-state index in [1.165, 1.54) is 58.7 Å². The van der Waals surface area contributed by atoms with Crippen LogP contribution in [-0.2, 0) is 26.1 Å². The molecule has 31 heavy (non-hydrogen) atoms. The molecule has 2 aromatic carbocycles. The van der Waals surface area contributed by atoms with Crippen molar-refractivity contribution in [3.8, 4) is 0 Å². The Balaban J connectivity index is 1.62. The molecule has 0 bridgehead atoms. The summed E-state index contributed by atoms with van der Waals surface area (Å²) in [4.78, 5) is 25.8. The van der Waals surface area contributed by atoms with Gasteiger partial charge in [-0.3, -0.25) is 4.79 Å². The summed E-state index contributed by atoms with van der Waals surface area (Å²) < 4.78 is 45.6. The molecule has 3 rings (SSSR count). The molecule has 0 N–H and O–H groups in total. The van der Waals surface area contributed by atoms with E-state index in [1.54, 1.807) is 0 Å². The highest BCUT2D eigenvalue weighted by Crippen LogP contribution is 2.22. The number of esters is 1. The second-order valence-corrected chi connectivity index (χ2v) is 9.51. The zero-order chi connectivity index (χ0) is 22.6. The summed E-state index contributed by atoms with van der Waals surface area (Å²) in [6.07, 6.45) is 1.60. The van der Waals surface area contributed by atoms with Crippen molar-refractivity contribution >= 4 is 33.5 Å². The number of likely N-dealkylation sites (N-methyl/N-ethyl adjacent to an activating group) is 1. The molecule has 1 aliphatic heterocycles. The van der Waals surface area contributed by atoms with Crippen molar-refractivity contribution in [3.63, 3.8) is 0 Å². The number of amides is 1. The van der Waals surface area contributed by atoms with Gasteiger partial charge in [0, 0.05) is 37.3 Å². The van der Waals surface area contributed by atoms with Crippen LogP contribution in [-0.4, -0.2) is 56.2 Å². The normalized spacial score (nSPS) is 14.4. The Morgan fingerprint density at radius 2 is 1.84 bits per heavy atom. The van der Waals surface area contributed by atoms with Crippen LogP contribution in [0.2, 0.25) is 5.02 Å². The van der Waals surface area contributed by atoms with Crippen LogP contribution in [0.15, 0.2) is 47.4 Å². The van der Waals surface area contributed by atoms with Gasteiger partial charge in [-0.1, -0.05) is 23.7 Å². The van der Waals surface area contributed by atoms with Gasteiger partial charge < -0.3 is 9.64 Å². The van der Waals surface area contributed by atoms with Gasteiger partial charge in [-0.15, -0.1) is 0 Å². The second kappa shape index (κ2) is 9.76. The van der Waals surface area contributed by atoms with Crippen molar-refractivity contribution in [2.24, 2.45) is 0 Å². The molecule has 0 spiro atoms. The first-order valence-electron chi connectivity index (χ1n) is 9.64. The van der Waals surface area contributed by atoms with Crippen LogP contribution >= 0.6 is 11.6 Å². The van der Waals surface area contributed by atoms with Gasteiger partial charge in [-0.05, 0) is 43.2 Å². The van der Waals surface area contributed by atoms with E-state index >= 15 is 0 Å². The van der Waals surface area contributed by atoms with E-state index < -0.39 is 34.3 Å². The fourth-order valence-corrected chi connectivity index (χ4v) is 4.98. The van der Waals surface area contributed by atoms with Crippen LogP contribution in [0.4, 0.5) is 4.39 Å². The molecule has 1 aliphatic rings. The van der Waals surface area contributed by atoms with Gasteiger partial charge in [0.1, 0.15) is 5.82 Å². The van der Waals surface area contributed by atoms with Crippen LogP contribution in [0.25, 0.3) is 0 Å². The van der Waals surface area contributed by atoms with Crippen LogP contribution < -0.4 is 0 Å². The second-order valence-electron chi connectivity index (χ2n) is 7.17. The highest BCUT2D eigenvalue weighted by Gasteiger charge is 2.28. The lowest BCUT2D eigenvalue weighted by molar-refractivity contribution is -0.133. The van der Waals surface area contributed by atoms with Gasteiger partial charge in [0.2, 0.25) is 10.0 Å². The maximum absolute atomic E-state index is 13.9. The van der Waals surface area contributed by atoms with Crippen molar-refractivity contribution < 1.29 is 27.1 Å². The standard InChI is InChI=1S/C21H22ClFN2O5S/c1-24(13-17-18(22)8-5-9-19(17)23)20(26)14-30-21(27)15-6-4-7-16(12-15)31(28,29)25-10-2-3-11-25/h4-9,12H,2-3,10-11,13-14H2,1H3. The number of carbonyl (C=O) groups excluding carboxylic acids is 2. The molecule has 1 fully saturated rings. The van der Waals surface area contributed by atoms with E-state index in [-0.39, 0.29) is 27.6 Å². The van der Waals surface area contributed by atoms with E-state index in [9.17, 15) is 22.4 Å². The summed E-state index contributed by atoms with van der Waals surface area (Å²) in [6.45, 7) is 0.226. The summed E-state index contributed by atoms with van der Waals surface area (Å²) >= 11 is 5.97. The topological polar surface area (TPSA) is 84.0 Å². The van der Waals surface area contributed by atoms with E-state index in [1.807, 2.05) is 0 Å². The summed E-state index contributed by atoms with van der Waals surface area (Å²) in [5.41, 5.74) is 0.180. The third kappa shape index (κ3) is 5.41. The number of hydrogen-bond acceptors (Lipinski definition) is 5. The minimum Gasteiger partial charge on any atom is -0.452 e. The summed E-state index contributed by atoms with van der Waals surface area (Å²) in [5.74, 6) is -1.93. The average Bonchev–Trinajstić information content (AvgIpc) is 3.30. The van der Waals surface area contributed by atoms with Gasteiger partial charge in [-0.2, -0.15) is 4.31 Å². The Morgan fingerprint density at radius 1 is 1.16 bits per heavy atom. The lowest BCUT2D eigenvalue weighted by Crippen LogP contribution is -2.31. The van der Waals surface area contributed by atoms with Crippen LogP contribution in [0, 0.1) is 5.82 Å². The molecule has 0 saturated carbocycles. The fraction of sp³-hybridized carbons (Fsp3) is 0.333. The van der Waals surface area contributed by atoms with Gasteiger partial charge in [0.15, 0.2) is 6.61 Å². The summed E-state index contributed by atoms with van der Waals surface area (Å²) in [5, 5.41) is 0.188. The van der Waals surface area contributed by atoms with Crippen molar-refractivity contribution in [1.29, 1.82) is 0 Å². The zero-order valence-corrected chi connectivity index (χ0v) is 18.5. The van der Waals surface area contributed by atoms with Gasteiger partial charge in [0.25, 0.3) is 5.91 Å². The van der Waals surface area contributed by atoms with E-state index in [0.717, 1.165) is 12.8 Å². The number of nitrogens with zero attached hydrogens (tertiary/aromatic N) is 2. The molecular formula is C21H22ClFN2O5S. The average molecular weight is 469 g/mol. The SMILES string of the molecule is CN(Cc1c(F)cccc1Cl)C(=O)COC(=O)c1cccc(S(=O)(=O)N2CCCC2)c1. The molecule has 0 aliphatic carbocycles. The van der Waals surface area contributed by atoms with E-state index in [0.29, 0.717) is 13.1 Å².